The van der Waals surface area contributed by atoms with Gasteiger partial charge in [0.05, 0.1) is 12.1 Å². The standard InChI is InChI=1S/C16H25F2N3O2/c1-15(2,16(3,17)18)9-14(23)20-12-7-11(8-13(12)22)10-21-6-4-5-19-21/h4-6,11-13,22H,7-10H2,1-3H3,(H,20,23)/t11?,12-,13-/m1/s1. The van der Waals surface area contributed by atoms with Crippen LogP contribution >= 0.6 is 0 Å². The molecule has 1 fully saturated rings. The number of alkyl halides is 2. The van der Waals surface area contributed by atoms with Crippen LogP contribution in [0.15, 0.2) is 18.5 Å². The molecular formula is C16H25F2N3O2. The average molecular weight is 329 g/mol. The molecular weight excluding hydrogens is 304 g/mol. The Hall–Kier alpha value is -1.50. The number of carbonyl (C=O) groups is 1. The highest BCUT2D eigenvalue weighted by atomic mass is 19.3. The molecule has 1 aliphatic carbocycles. The SMILES string of the molecule is CC(F)(F)C(C)(C)CC(=O)N[C@@H]1CC(Cn2cccn2)C[C@H]1O. The maximum Gasteiger partial charge on any atom is 0.250 e. The fraction of sp³-hybridized carbons (Fsp3) is 0.750. The lowest BCUT2D eigenvalue weighted by Gasteiger charge is -2.31. The summed E-state index contributed by atoms with van der Waals surface area (Å²) in [5.74, 6) is -3.18. The molecule has 1 aromatic rings. The minimum atomic E-state index is -2.94. The largest absolute Gasteiger partial charge is 0.391 e. The van der Waals surface area contributed by atoms with E-state index in [1.54, 1.807) is 10.9 Å². The normalized spacial score (nSPS) is 25.6. The number of aliphatic hydroxyl groups excluding tert-OH is 1. The van der Waals surface area contributed by atoms with Crippen molar-refractivity contribution in [2.75, 3.05) is 0 Å². The van der Waals surface area contributed by atoms with Crippen LogP contribution in [0.1, 0.15) is 40.0 Å². The van der Waals surface area contributed by atoms with Gasteiger partial charge in [-0.1, -0.05) is 13.8 Å². The second kappa shape index (κ2) is 6.55. The molecule has 2 N–H and O–H groups in total. The molecule has 1 saturated carbocycles. The van der Waals surface area contributed by atoms with Crippen LogP contribution in [0.3, 0.4) is 0 Å². The summed E-state index contributed by atoms with van der Waals surface area (Å²) in [6.45, 7) is 4.25. The van der Waals surface area contributed by atoms with Crippen molar-refractivity contribution in [2.24, 2.45) is 11.3 Å². The maximum atomic E-state index is 13.5. The zero-order valence-corrected chi connectivity index (χ0v) is 13.8. The molecule has 23 heavy (non-hydrogen) atoms. The van der Waals surface area contributed by atoms with E-state index in [1.165, 1.54) is 13.8 Å². The quantitative estimate of drug-likeness (QED) is 0.841. The number of aromatic nitrogens is 2. The zero-order chi connectivity index (χ0) is 17.3. The van der Waals surface area contributed by atoms with Crippen LogP contribution in [0.4, 0.5) is 8.78 Å². The number of halogens is 2. The third-order valence-corrected chi connectivity index (χ3v) is 4.77. The molecule has 0 aromatic carbocycles. The van der Waals surface area contributed by atoms with Crippen molar-refractivity contribution in [3.63, 3.8) is 0 Å². The van der Waals surface area contributed by atoms with Gasteiger partial charge < -0.3 is 10.4 Å². The van der Waals surface area contributed by atoms with Gasteiger partial charge in [-0.25, -0.2) is 8.78 Å². The fourth-order valence-corrected chi connectivity index (χ4v) is 2.91. The molecule has 1 unspecified atom stereocenters. The Labute approximate surface area is 135 Å². The van der Waals surface area contributed by atoms with Crippen LogP contribution in [-0.4, -0.2) is 38.9 Å². The predicted octanol–water partition coefficient (Wildman–Crippen LogP) is 2.21. The Kier molecular flexibility index (Phi) is 5.08. The number of rotatable bonds is 6. The number of nitrogens with one attached hydrogen (secondary N) is 1. The highest BCUT2D eigenvalue weighted by Crippen LogP contribution is 2.38. The molecule has 2 rings (SSSR count). The molecule has 0 radical (unpaired) electrons. The van der Waals surface area contributed by atoms with Crippen molar-refractivity contribution < 1.29 is 18.7 Å². The third-order valence-electron chi connectivity index (χ3n) is 4.77. The van der Waals surface area contributed by atoms with E-state index in [2.05, 4.69) is 10.4 Å². The Morgan fingerprint density at radius 2 is 2.09 bits per heavy atom. The van der Waals surface area contributed by atoms with Crippen LogP contribution in [0.5, 0.6) is 0 Å². The smallest absolute Gasteiger partial charge is 0.250 e. The number of carbonyl (C=O) groups excluding carboxylic acids is 1. The van der Waals surface area contributed by atoms with Gasteiger partial charge in [-0.05, 0) is 31.7 Å². The Bertz CT molecular complexity index is 526. The van der Waals surface area contributed by atoms with E-state index in [1.807, 2.05) is 12.3 Å². The van der Waals surface area contributed by atoms with Gasteiger partial charge in [-0.2, -0.15) is 5.10 Å². The van der Waals surface area contributed by atoms with Gasteiger partial charge in [0.1, 0.15) is 0 Å². The van der Waals surface area contributed by atoms with Crippen molar-refractivity contribution in [3.8, 4) is 0 Å². The van der Waals surface area contributed by atoms with E-state index in [4.69, 9.17) is 0 Å². The van der Waals surface area contributed by atoms with Gasteiger partial charge in [0.2, 0.25) is 5.91 Å². The summed E-state index contributed by atoms with van der Waals surface area (Å²) in [4.78, 5) is 12.1. The first-order valence-electron chi connectivity index (χ1n) is 7.91. The number of nitrogens with zero attached hydrogens (tertiary/aromatic N) is 2. The Balaban J connectivity index is 1.86. The van der Waals surface area contributed by atoms with Crippen molar-refractivity contribution in [2.45, 2.75) is 64.6 Å². The molecule has 0 saturated heterocycles. The number of hydrogen-bond donors (Lipinski definition) is 2. The summed E-state index contributed by atoms with van der Waals surface area (Å²) in [6.07, 6.45) is 3.81. The number of hydrogen-bond acceptors (Lipinski definition) is 3. The average Bonchev–Trinajstić information content (AvgIpc) is 2.99. The molecule has 0 aliphatic heterocycles. The summed E-state index contributed by atoms with van der Waals surface area (Å²) in [5.41, 5.74) is -1.42. The Morgan fingerprint density at radius 3 is 2.65 bits per heavy atom. The molecule has 1 heterocycles. The van der Waals surface area contributed by atoms with Gasteiger partial charge in [0, 0.05) is 30.8 Å². The summed E-state index contributed by atoms with van der Waals surface area (Å²) < 4.78 is 28.8. The summed E-state index contributed by atoms with van der Waals surface area (Å²) in [7, 11) is 0. The van der Waals surface area contributed by atoms with Crippen LogP contribution in [-0.2, 0) is 11.3 Å². The van der Waals surface area contributed by atoms with E-state index in [-0.39, 0.29) is 18.4 Å². The number of amides is 1. The van der Waals surface area contributed by atoms with Crippen molar-refractivity contribution in [1.29, 1.82) is 0 Å². The molecule has 0 bridgehead atoms. The van der Waals surface area contributed by atoms with Crippen LogP contribution < -0.4 is 5.32 Å². The minimum absolute atomic E-state index is 0.204. The first-order valence-corrected chi connectivity index (χ1v) is 7.91. The highest BCUT2D eigenvalue weighted by Gasteiger charge is 2.44. The molecule has 1 aliphatic rings. The minimum Gasteiger partial charge on any atom is -0.391 e. The molecule has 0 spiro atoms. The van der Waals surface area contributed by atoms with Crippen molar-refractivity contribution in [3.05, 3.63) is 18.5 Å². The molecule has 1 aromatic heterocycles. The predicted molar refractivity (Wildman–Crippen MR) is 81.9 cm³/mol. The van der Waals surface area contributed by atoms with Gasteiger partial charge in [-0.3, -0.25) is 9.48 Å². The van der Waals surface area contributed by atoms with Crippen LogP contribution in [0.25, 0.3) is 0 Å². The second-order valence-electron chi connectivity index (χ2n) is 7.26. The summed E-state index contributed by atoms with van der Waals surface area (Å²) in [5, 5.41) is 16.9. The highest BCUT2D eigenvalue weighted by molar-refractivity contribution is 5.77. The first kappa shape index (κ1) is 17.8. The lowest BCUT2D eigenvalue weighted by atomic mass is 9.82. The molecule has 130 valence electrons. The molecule has 3 atom stereocenters. The topological polar surface area (TPSA) is 67.2 Å². The van der Waals surface area contributed by atoms with Gasteiger partial charge in [-0.15, -0.1) is 0 Å². The first-order chi connectivity index (χ1) is 10.6. The summed E-state index contributed by atoms with van der Waals surface area (Å²) in [6, 6.07) is 1.45. The van der Waals surface area contributed by atoms with Gasteiger partial charge in [0.25, 0.3) is 5.92 Å². The zero-order valence-electron chi connectivity index (χ0n) is 13.8. The molecule has 1 amide bonds. The molecule has 5 nitrogen and oxygen atoms in total. The lowest BCUT2D eigenvalue weighted by molar-refractivity contribution is -0.135. The number of aliphatic hydroxyl groups is 1. The van der Waals surface area contributed by atoms with E-state index in [0.29, 0.717) is 19.4 Å². The van der Waals surface area contributed by atoms with Gasteiger partial charge in [0.15, 0.2) is 0 Å². The van der Waals surface area contributed by atoms with E-state index < -0.39 is 23.3 Å². The molecule has 7 heteroatoms. The maximum absolute atomic E-state index is 13.5. The monoisotopic (exact) mass is 329 g/mol. The van der Waals surface area contributed by atoms with Crippen LogP contribution in [0.2, 0.25) is 0 Å². The van der Waals surface area contributed by atoms with E-state index >= 15 is 0 Å². The van der Waals surface area contributed by atoms with Crippen molar-refractivity contribution in [1.82, 2.24) is 15.1 Å². The second-order valence-corrected chi connectivity index (χ2v) is 7.26. The third kappa shape index (κ3) is 4.50. The fourth-order valence-electron chi connectivity index (χ4n) is 2.91. The van der Waals surface area contributed by atoms with Crippen LogP contribution in [0, 0.1) is 11.3 Å². The van der Waals surface area contributed by atoms with Gasteiger partial charge >= 0.3 is 0 Å². The lowest BCUT2D eigenvalue weighted by Crippen LogP contribution is -2.44. The Morgan fingerprint density at radius 1 is 1.39 bits per heavy atom. The van der Waals surface area contributed by atoms with E-state index in [0.717, 1.165) is 6.92 Å². The van der Waals surface area contributed by atoms with Crippen molar-refractivity contribution >= 4 is 5.91 Å². The van der Waals surface area contributed by atoms with E-state index in [9.17, 15) is 18.7 Å². The summed E-state index contributed by atoms with van der Waals surface area (Å²) >= 11 is 0.